The normalized spacial score (nSPS) is 11.4. The zero-order valence-corrected chi connectivity index (χ0v) is 12.6. The van der Waals surface area contributed by atoms with Gasteiger partial charge in [-0.25, -0.2) is 0 Å². The highest BCUT2D eigenvalue weighted by molar-refractivity contribution is 5.96. The Balaban J connectivity index is 1.95. The topological polar surface area (TPSA) is 54.2 Å². The summed E-state index contributed by atoms with van der Waals surface area (Å²) >= 11 is 0. The molecule has 0 amide bonds. The minimum atomic E-state index is 0.590. The third-order valence-electron chi connectivity index (χ3n) is 3.71. The Morgan fingerprint density at radius 1 is 1.30 bits per heavy atom. The Bertz CT molecular complexity index is 565. The second kappa shape index (κ2) is 6.57. The molecule has 2 aromatic rings. The van der Waals surface area contributed by atoms with Gasteiger partial charge in [0.15, 0.2) is 0 Å². The number of anilines is 2. The van der Waals surface area contributed by atoms with Gasteiger partial charge in [-0.2, -0.15) is 0 Å². The zero-order chi connectivity index (χ0) is 14.5. The Kier molecular flexibility index (Phi) is 4.79. The number of hydrogen-bond donors (Lipinski definition) is 2. The summed E-state index contributed by atoms with van der Waals surface area (Å²) in [6.07, 6.45) is 2.88. The lowest BCUT2D eigenvalue weighted by molar-refractivity contribution is 0.273. The summed E-state index contributed by atoms with van der Waals surface area (Å²) in [6, 6.07) is 8.53. The van der Waals surface area contributed by atoms with Gasteiger partial charge in [-0.3, -0.25) is 4.98 Å². The van der Waals surface area contributed by atoms with E-state index >= 15 is 0 Å². The molecule has 0 aliphatic heterocycles. The Morgan fingerprint density at radius 2 is 2.10 bits per heavy atom. The number of pyridine rings is 1. The average molecular weight is 272 g/mol. The summed E-state index contributed by atoms with van der Waals surface area (Å²) in [5.74, 6) is 0. The van der Waals surface area contributed by atoms with E-state index in [1.807, 2.05) is 24.3 Å². The van der Waals surface area contributed by atoms with Crippen molar-refractivity contribution in [3.8, 4) is 0 Å². The molecule has 0 aliphatic carbocycles. The van der Waals surface area contributed by atoms with Crippen molar-refractivity contribution in [2.75, 3.05) is 31.2 Å². The smallest absolute Gasteiger partial charge is 0.0724 e. The van der Waals surface area contributed by atoms with E-state index < -0.39 is 0 Å². The van der Waals surface area contributed by atoms with Gasteiger partial charge in [-0.05, 0) is 58.1 Å². The quantitative estimate of drug-likeness (QED) is 0.627. The second-order valence-corrected chi connectivity index (χ2v) is 5.45. The maximum absolute atomic E-state index is 6.20. The molecule has 0 saturated heterocycles. The fourth-order valence-electron chi connectivity index (χ4n) is 2.14. The molecule has 4 heteroatoms. The third kappa shape index (κ3) is 3.39. The molecule has 0 spiro atoms. The summed E-state index contributed by atoms with van der Waals surface area (Å²) in [7, 11) is 2.15. The average Bonchev–Trinajstić information content (AvgIpc) is 2.45. The molecule has 0 bridgehead atoms. The molecule has 1 aromatic heterocycles. The number of nitrogens with two attached hydrogens (primary N) is 1. The lowest BCUT2D eigenvalue weighted by Gasteiger charge is -2.21. The van der Waals surface area contributed by atoms with Crippen molar-refractivity contribution in [1.82, 2.24) is 9.88 Å². The van der Waals surface area contributed by atoms with Gasteiger partial charge in [-0.1, -0.05) is 0 Å². The SMILES string of the molecule is CC(C)N(C)CCCNc1ccc2ncccc2c1N. The van der Waals surface area contributed by atoms with E-state index in [2.05, 4.69) is 36.1 Å². The van der Waals surface area contributed by atoms with E-state index in [9.17, 15) is 0 Å². The van der Waals surface area contributed by atoms with Gasteiger partial charge in [0.05, 0.1) is 16.9 Å². The number of rotatable bonds is 6. The molecule has 1 aromatic carbocycles. The number of benzene rings is 1. The van der Waals surface area contributed by atoms with Gasteiger partial charge in [0.2, 0.25) is 0 Å². The maximum atomic E-state index is 6.20. The van der Waals surface area contributed by atoms with Crippen LogP contribution >= 0.6 is 0 Å². The summed E-state index contributed by atoms with van der Waals surface area (Å²) in [4.78, 5) is 6.65. The molecule has 4 nitrogen and oxygen atoms in total. The Morgan fingerprint density at radius 3 is 2.85 bits per heavy atom. The van der Waals surface area contributed by atoms with Crippen LogP contribution in [-0.4, -0.2) is 36.1 Å². The molecule has 0 atom stereocenters. The summed E-state index contributed by atoms with van der Waals surface area (Å²) in [6.45, 7) is 6.43. The fraction of sp³-hybridized carbons (Fsp3) is 0.438. The predicted octanol–water partition coefficient (Wildman–Crippen LogP) is 2.96. The molecular weight excluding hydrogens is 248 g/mol. The van der Waals surface area contributed by atoms with Gasteiger partial charge < -0.3 is 16.0 Å². The van der Waals surface area contributed by atoms with Crippen molar-refractivity contribution < 1.29 is 0 Å². The number of fused-ring (bicyclic) bond motifs is 1. The first-order valence-electron chi connectivity index (χ1n) is 7.17. The molecule has 2 rings (SSSR count). The monoisotopic (exact) mass is 272 g/mol. The summed E-state index contributed by atoms with van der Waals surface area (Å²) in [5.41, 5.74) is 8.92. The first-order chi connectivity index (χ1) is 9.59. The van der Waals surface area contributed by atoms with Crippen molar-refractivity contribution >= 4 is 22.3 Å². The third-order valence-corrected chi connectivity index (χ3v) is 3.71. The molecule has 0 unspecified atom stereocenters. The number of aromatic nitrogens is 1. The Labute approximate surface area is 121 Å². The standard InChI is InChI=1S/C16H24N4/c1-12(2)20(3)11-5-10-19-15-8-7-14-13(16(15)17)6-4-9-18-14/h4,6-9,12,19H,5,10-11,17H2,1-3H3. The summed E-state index contributed by atoms with van der Waals surface area (Å²) in [5, 5.41) is 4.43. The number of hydrogen-bond acceptors (Lipinski definition) is 4. The van der Waals surface area contributed by atoms with Gasteiger partial charge in [0.1, 0.15) is 0 Å². The molecule has 1 heterocycles. The van der Waals surface area contributed by atoms with Crippen LogP contribution in [0.4, 0.5) is 11.4 Å². The number of nitrogens with zero attached hydrogens (tertiary/aromatic N) is 2. The molecule has 0 fully saturated rings. The summed E-state index contributed by atoms with van der Waals surface area (Å²) < 4.78 is 0. The lowest BCUT2D eigenvalue weighted by atomic mass is 10.1. The molecule has 0 aliphatic rings. The first kappa shape index (κ1) is 14.6. The second-order valence-electron chi connectivity index (χ2n) is 5.45. The van der Waals surface area contributed by atoms with Crippen molar-refractivity contribution in [2.45, 2.75) is 26.3 Å². The minimum Gasteiger partial charge on any atom is -0.397 e. The zero-order valence-electron chi connectivity index (χ0n) is 12.6. The van der Waals surface area contributed by atoms with Crippen LogP contribution < -0.4 is 11.1 Å². The van der Waals surface area contributed by atoms with Crippen molar-refractivity contribution in [1.29, 1.82) is 0 Å². The molecule has 0 saturated carbocycles. The van der Waals surface area contributed by atoms with E-state index in [0.29, 0.717) is 6.04 Å². The number of nitrogen functional groups attached to an aromatic ring is 1. The van der Waals surface area contributed by atoms with Crippen LogP contribution in [0.1, 0.15) is 20.3 Å². The molecule has 3 N–H and O–H groups in total. The lowest BCUT2D eigenvalue weighted by Crippen LogP contribution is -2.28. The highest BCUT2D eigenvalue weighted by Crippen LogP contribution is 2.27. The van der Waals surface area contributed by atoms with Crippen LogP contribution in [0.15, 0.2) is 30.5 Å². The van der Waals surface area contributed by atoms with Crippen molar-refractivity contribution in [3.63, 3.8) is 0 Å². The highest BCUT2D eigenvalue weighted by atomic mass is 15.1. The van der Waals surface area contributed by atoms with E-state index in [0.717, 1.165) is 41.8 Å². The largest absolute Gasteiger partial charge is 0.397 e. The fourth-order valence-corrected chi connectivity index (χ4v) is 2.14. The van der Waals surface area contributed by atoms with E-state index in [1.165, 1.54) is 0 Å². The highest BCUT2D eigenvalue weighted by Gasteiger charge is 2.05. The van der Waals surface area contributed by atoms with Gasteiger partial charge in [0, 0.05) is 24.2 Å². The van der Waals surface area contributed by atoms with Crippen LogP contribution in [0, 0.1) is 0 Å². The predicted molar refractivity (Wildman–Crippen MR) is 87.0 cm³/mol. The van der Waals surface area contributed by atoms with E-state index in [-0.39, 0.29) is 0 Å². The number of nitrogens with one attached hydrogen (secondary N) is 1. The van der Waals surface area contributed by atoms with Crippen molar-refractivity contribution in [2.24, 2.45) is 0 Å². The van der Waals surface area contributed by atoms with Crippen molar-refractivity contribution in [3.05, 3.63) is 30.5 Å². The van der Waals surface area contributed by atoms with Crippen LogP contribution in [-0.2, 0) is 0 Å². The van der Waals surface area contributed by atoms with Crippen LogP contribution in [0.2, 0.25) is 0 Å². The van der Waals surface area contributed by atoms with E-state index in [1.54, 1.807) is 6.20 Å². The Hall–Kier alpha value is -1.81. The van der Waals surface area contributed by atoms with Gasteiger partial charge in [-0.15, -0.1) is 0 Å². The van der Waals surface area contributed by atoms with Crippen LogP contribution in [0.5, 0.6) is 0 Å². The maximum Gasteiger partial charge on any atom is 0.0724 e. The molecular formula is C16H24N4. The van der Waals surface area contributed by atoms with Crippen LogP contribution in [0.25, 0.3) is 10.9 Å². The van der Waals surface area contributed by atoms with Gasteiger partial charge >= 0.3 is 0 Å². The molecule has 0 radical (unpaired) electrons. The van der Waals surface area contributed by atoms with Gasteiger partial charge in [0.25, 0.3) is 0 Å². The molecule has 20 heavy (non-hydrogen) atoms. The molecule has 108 valence electrons. The van der Waals surface area contributed by atoms with Crippen LogP contribution in [0.3, 0.4) is 0 Å². The van der Waals surface area contributed by atoms with E-state index in [4.69, 9.17) is 5.73 Å². The minimum absolute atomic E-state index is 0.590. The first-order valence-corrected chi connectivity index (χ1v) is 7.17.